The van der Waals surface area contributed by atoms with Gasteiger partial charge in [-0.3, -0.25) is 19.8 Å². The van der Waals surface area contributed by atoms with Crippen LogP contribution in [-0.4, -0.2) is 29.3 Å². The van der Waals surface area contributed by atoms with Crippen LogP contribution in [0, 0.1) is 0 Å². The largest absolute Gasteiger partial charge is 0.299 e. The third kappa shape index (κ3) is 3.50. The first-order valence-corrected chi connectivity index (χ1v) is 7.75. The minimum atomic E-state index is -0.384. The average Bonchev–Trinajstić information content (AvgIpc) is 2.75. The third-order valence-electron chi connectivity index (χ3n) is 4.03. The molecular formula is C17H24N2O2. The first-order valence-electron chi connectivity index (χ1n) is 7.75. The molecule has 0 aliphatic carbocycles. The maximum Gasteiger partial charge on any atom is 0.246 e. The predicted molar refractivity (Wildman–Crippen MR) is 82.8 cm³/mol. The Morgan fingerprint density at radius 2 is 1.90 bits per heavy atom. The number of aryl methyl sites for hydroxylation is 1. The number of likely N-dealkylation sites (tertiary alicyclic amines) is 1. The lowest BCUT2D eigenvalue weighted by Gasteiger charge is -2.19. The molecule has 1 saturated heterocycles. The van der Waals surface area contributed by atoms with Crippen molar-refractivity contribution in [3.05, 3.63) is 35.4 Å². The third-order valence-corrected chi connectivity index (χ3v) is 4.03. The maximum absolute atomic E-state index is 12.2. The van der Waals surface area contributed by atoms with Crippen LogP contribution < -0.4 is 5.32 Å². The van der Waals surface area contributed by atoms with Crippen molar-refractivity contribution >= 4 is 11.8 Å². The average molecular weight is 288 g/mol. The van der Waals surface area contributed by atoms with Crippen LogP contribution in [0.4, 0.5) is 0 Å². The summed E-state index contributed by atoms with van der Waals surface area (Å²) in [5, 5.41) is 3.29. The predicted octanol–water partition coefficient (Wildman–Crippen LogP) is 2.44. The van der Waals surface area contributed by atoms with Gasteiger partial charge in [0.25, 0.3) is 0 Å². The number of amides is 2. The van der Waals surface area contributed by atoms with E-state index in [4.69, 9.17) is 0 Å². The molecular weight excluding hydrogens is 264 g/mol. The number of carbonyl (C=O) groups excluding carboxylic acids is 2. The Balaban J connectivity index is 2.00. The standard InChI is InChI=1S/C17H24N2O2/c1-4-10-19-16(20)11-15(17(19)21)18-12(3)14-8-6-13(5-2)7-9-14/h6-9,12,15,18H,4-5,10-11H2,1-3H3. The summed E-state index contributed by atoms with van der Waals surface area (Å²) in [5.74, 6) is -0.147. The summed E-state index contributed by atoms with van der Waals surface area (Å²) in [6.07, 6.45) is 2.10. The van der Waals surface area contributed by atoms with Gasteiger partial charge < -0.3 is 0 Å². The topological polar surface area (TPSA) is 49.4 Å². The summed E-state index contributed by atoms with van der Waals surface area (Å²) in [6.45, 7) is 6.65. The van der Waals surface area contributed by atoms with E-state index in [-0.39, 0.29) is 30.3 Å². The van der Waals surface area contributed by atoms with Crippen LogP contribution in [0.3, 0.4) is 0 Å². The molecule has 1 aromatic rings. The van der Waals surface area contributed by atoms with Gasteiger partial charge in [0, 0.05) is 12.6 Å². The summed E-state index contributed by atoms with van der Waals surface area (Å²) in [5.41, 5.74) is 2.44. The van der Waals surface area contributed by atoms with Gasteiger partial charge in [-0.15, -0.1) is 0 Å². The Labute approximate surface area is 126 Å². The molecule has 1 aliphatic heterocycles. The van der Waals surface area contributed by atoms with Crippen molar-refractivity contribution in [2.45, 2.75) is 52.1 Å². The van der Waals surface area contributed by atoms with Crippen molar-refractivity contribution in [3.8, 4) is 0 Å². The zero-order valence-corrected chi connectivity index (χ0v) is 13.1. The van der Waals surface area contributed by atoms with Gasteiger partial charge in [-0.25, -0.2) is 0 Å². The number of hydrogen-bond acceptors (Lipinski definition) is 3. The van der Waals surface area contributed by atoms with Crippen LogP contribution in [0.1, 0.15) is 50.8 Å². The highest BCUT2D eigenvalue weighted by Gasteiger charge is 2.38. The summed E-state index contributed by atoms with van der Waals surface area (Å²) in [4.78, 5) is 25.4. The molecule has 1 aromatic carbocycles. The van der Waals surface area contributed by atoms with E-state index in [1.165, 1.54) is 10.5 Å². The summed E-state index contributed by atoms with van der Waals surface area (Å²) in [7, 11) is 0. The van der Waals surface area contributed by atoms with E-state index in [1.54, 1.807) is 0 Å². The second kappa shape index (κ2) is 6.85. The van der Waals surface area contributed by atoms with Gasteiger partial charge in [0.2, 0.25) is 11.8 Å². The lowest BCUT2D eigenvalue weighted by Crippen LogP contribution is -2.40. The Hall–Kier alpha value is -1.68. The van der Waals surface area contributed by atoms with Crippen LogP contribution in [0.2, 0.25) is 0 Å². The molecule has 4 nitrogen and oxygen atoms in total. The van der Waals surface area contributed by atoms with Gasteiger partial charge in [-0.2, -0.15) is 0 Å². The number of nitrogens with one attached hydrogen (secondary N) is 1. The lowest BCUT2D eigenvalue weighted by molar-refractivity contribution is -0.138. The molecule has 1 N–H and O–H groups in total. The van der Waals surface area contributed by atoms with Crippen molar-refractivity contribution < 1.29 is 9.59 Å². The summed E-state index contributed by atoms with van der Waals surface area (Å²) < 4.78 is 0. The van der Waals surface area contributed by atoms with Crippen molar-refractivity contribution in [2.24, 2.45) is 0 Å². The molecule has 21 heavy (non-hydrogen) atoms. The van der Waals surface area contributed by atoms with Crippen molar-refractivity contribution in [1.82, 2.24) is 10.2 Å². The van der Waals surface area contributed by atoms with Crippen LogP contribution in [0.5, 0.6) is 0 Å². The molecule has 2 unspecified atom stereocenters. The molecule has 2 atom stereocenters. The van der Waals surface area contributed by atoms with Crippen molar-refractivity contribution in [1.29, 1.82) is 0 Å². The molecule has 0 bridgehead atoms. The molecule has 2 amide bonds. The molecule has 0 radical (unpaired) electrons. The number of hydrogen-bond donors (Lipinski definition) is 1. The van der Waals surface area contributed by atoms with E-state index >= 15 is 0 Å². The highest BCUT2D eigenvalue weighted by Crippen LogP contribution is 2.19. The van der Waals surface area contributed by atoms with E-state index in [2.05, 4.69) is 36.5 Å². The fourth-order valence-electron chi connectivity index (χ4n) is 2.71. The van der Waals surface area contributed by atoms with Gasteiger partial charge in [0.1, 0.15) is 0 Å². The number of rotatable bonds is 6. The fraction of sp³-hybridized carbons (Fsp3) is 0.529. The second-order valence-electron chi connectivity index (χ2n) is 5.62. The minimum Gasteiger partial charge on any atom is -0.299 e. The van der Waals surface area contributed by atoms with Crippen LogP contribution in [0.25, 0.3) is 0 Å². The normalized spacial score (nSPS) is 20.1. The Morgan fingerprint density at radius 1 is 1.24 bits per heavy atom. The van der Waals surface area contributed by atoms with E-state index in [1.807, 2.05) is 13.8 Å². The zero-order chi connectivity index (χ0) is 15.4. The molecule has 0 aromatic heterocycles. The molecule has 1 fully saturated rings. The van der Waals surface area contributed by atoms with Gasteiger partial charge in [0.05, 0.1) is 12.5 Å². The summed E-state index contributed by atoms with van der Waals surface area (Å²) >= 11 is 0. The second-order valence-corrected chi connectivity index (χ2v) is 5.62. The van der Waals surface area contributed by atoms with Crippen LogP contribution in [-0.2, 0) is 16.0 Å². The van der Waals surface area contributed by atoms with Gasteiger partial charge >= 0.3 is 0 Å². The lowest BCUT2D eigenvalue weighted by atomic mass is 10.0. The molecule has 2 rings (SSSR count). The first-order chi connectivity index (χ1) is 10.1. The monoisotopic (exact) mass is 288 g/mol. The van der Waals surface area contributed by atoms with Crippen LogP contribution >= 0.6 is 0 Å². The number of carbonyl (C=O) groups is 2. The van der Waals surface area contributed by atoms with Crippen molar-refractivity contribution in [3.63, 3.8) is 0 Å². The molecule has 0 saturated carbocycles. The molecule has 114 valence electrons. The highest BCUT2D eigenvalue weighted by molar-refractivity contribution is 6.05. The first kappa shape index (κ1) is 15.7. The SMILES string of the molecule is CCCN1C(=O)CC(NC(C)c2ccc(CC)cc2)C1=O. The quantitative estimate of drug-likeness (QED) is 0.818. The number of imide groups is 1. The van der Waals surface area contributed by atoms with E-state index in [0.29, 0.717) is 6.54 Å². The number of benzene rings is 1. The fourth-order valence-corrected chi connectivity index (χ4v) is 2.71. The summed E-state index contributed by atoms with van der Waals surface area (Å²) in [6, 6.07) is 8.06. The van der Waals surface area contributed by atoms with Gasteiger partial charge in [-0.05, 0) is 30.9 Å². The Kier molecular flexibility index (Phi) is 5.12. The smallest absolute Gasteiger partial charge is 0.246 e. The Bertz CT molecular complexity index is 510. The molecule has 1 aliphatic rings. The van der Waals surface area contributed by atoms with Gasteiger partial charge in [-0.1, -0.05) is 38.1 Å². The van der Waals surface area contributed by atoms with Crippen molar-refractivity contribution in [2.75, 3.05) is 6.54 Å². The minimum absolute atomic E-state index is 0.0548. The van der Waals surface area contributed by atoms with Crippen LogP contribution in [0.15, 0.2) is 24.3 Å². The highest BCUT2D eigenvalue weighted by atomic mass is 16.2. The molecule has 4 heteroatoms. The van der Waals surface area contributed by atoms with E-state index in [0.717, 1.165) is 18.4 Å². The molecule has 0 spiro atoms. The zero-order valence-electron chi connectivity index (χ0n) is 13.1. The van der Waals surface area contributed by atoms with E-state index in [9.17, 15) is 9.59 Å². The molecule has 1 heterocycles. The van der Waals surface area contributed by atoms with E-state index < -0.39 is 0 Å². The Morgan fingerprint density at radius 3 is 2.48 bits per heavy atom. The maximum atomic E-state index is 12.2. The van der Waals surface area contributed by atoms with Gasteiger partial charge in [0.15, 0.2) is 0 Å². The number of nitrogens with zero attached hydrogens (tertiary/aromatic N) is 1.